The first-order valence-corrected chi connectivity index (χ1v) is 2.51. The van der Waals surface area contributed by atoms with E-state index in [2.05, 4.69) is 0 Å². The van der Waals surface area contributed by atoms with Crippen molar-refractivity contribution in [2.24, 2.45) is 0 Å². The zero-order valence-corrected chi connectivity index (χ0v) is 5.84. The van der Waals surface area contributed by atoms with Crippen LogP contribution in [0.5, 0.6) is 0 Å². The SMILES string of the molecule is C[N+](C)(C)C(=C=[N-])C#N. The molecule has 0 amide bonds. The normalized spacial score (nSPS) is 9.56. The summed E-state index contributed by atoms with van der Waals surface area (Å²) in [5.74, 6) is 1.82. The summed E-state index contributed by atoms with van der Waals surface area (Å²) in [6.07, 6.45) is 0. The van der Waals surface area contributed by atoms with Crippen molar-refractivity contribution in [1.82, 2.24) is 0 Å². The summed E-state index contributed by atoms with van der Waals surface area (Å²) < 4.78 is 0.299. The van der Waals surface area contributed by atoms with Crippen LogP contribution in [-0.4, -0.2) is 31.5 Å². The van der Waals surface area contributed by atoms with Crippen molar-refractivity contribution >= 4 is 5.87 Å². The maximum atomic E-state index is 8.34. The second-order valence-corrected chi connectivity index (χ2v) is 2.58. The number of allylic oxidation sites excluding steroid dienone is 1. The van der Waals surface area contributed by atoms with E-state index in [4.69, 9.17) is 10.7 Å². The van der Waals surface area contributed by atoms with Crippen LogP contribution in [0.1, 0.15) is 0 Å². The largest absolute Gasteiger partial charge is 0.758 e. The highest BCUT2D eigenvalue weighted by atomic mass is 15.3. The molecule has 9 heavy (non-hydrogen) atoms. The summed E-state index contributed by atoms with van der Waals surface area (Å²) in [4.78, 5) is 0. The fourth-order valence-corrected chi connectivity index (χ4v) is 0.325. The van der Waals surface area contributed by atoms with Gasteiger partial charge in [0, 0.05) is 0 Å². The average molecular weight is 123 g/mol. The Morgan fingerprint density at radius 2 is 1.89 bits per heavy atom. The molecule has 0 aromatic heterocycles. The van der Waals surface area contributed by atoms with Gasteiger partial charge in [0.05, 0.1) is 21.1 Å². The molecule has 0 aliphatic carbocycles. The highest BCUT2D eigenvalue weighted by Crippen LogP contribution is 2.00. The van der Waals surface area contributed by atoms with Crippen molar-refractivity contribution in [2.45, 2.75) is 0 Å². The molecule has 3 heteroatoms. The molecule has 0 radical (unpaired) electrons. The molecule has 0 aromatic rings. The van der Waals surface area contributed by atoms with Gasteiger partial charge in [0.2, 0.25) is 5.70 Å². The third-order valence-electron chi connectivity index (χ3n) is 0.883. The van der Waals surface area contributed by atoms with Crippen molar-refractivity contribution in [2.75, 3.05) is 21.1 Å². The van der Waals surface area contributed by atoms with Crippen LogP contribution in [0.25, 0.3) is 5.41 Å². The smallest absolute Gasteiger partial charge is 0.230 e. The second kappa shape index (κ2) is 2.45. The lowest BCUT2D eigenvalue weighted by molar-refractivity contribution is -0.825. The summed E-state index contributed by atoms with van der Waals surface area (Å²) in [7, 11) is 5.34. The molecular formula is C6H9N3. The Kier molecular flexibility index (Phi) is 2.15. The van der Waals surface area contributed by atoms with E-state index >= 15 is 0 Å². The van der Waals surface area contributed by atoms with Gasteiger partial charge >= 0.3 is 0 Å². The summed E-state index contributed by atoms with van der Waals surface area (Å²) in [6.45, 7) is 0. The number of nitriles is 1. The van der Waals surface area contributed by atoms with Crippen LogP contribution in [0.15, 0.2) is 5.70 Å². The highest BCUT2D eigenvalue weighted by Gasteiger charge is 2.11. The zero-order chi connectivity index (χ0) is 7.49. The van der Waals surface area contributed by atoms with Crippen LogP contribution in [0.4, 0.5) is 0 Å². The van der Waals surface area contributed by atoms with E-state index in [0.29, 0.717) is 4.48 Å². The number of hydrogen-bond acceptors (Lipinski definition) is 1. The van der Waals surface area contributed by atoms with Crippen LogP contribution < -0.4 is 0 Å². The first-order valence-electron chi connectivity index (χ1n) is 2.51. The number of rotatable bonds is 1. The van der Waals surface area contributed by atoms with Crippen LogP contribution in [0, 0.1) is 11.3 Å². The Morgan fingerprint density at radius 1 is 1.44 bits per heavy atom. The number of nitrogens with zero attached hydrogens (tertiary/aromatic N) is 3. The van der Waals surface area contributed by atoms with Crippen LogP contribution in [0.3, 0.4) is 0 Å². The van der Waals surface area contributed by atoms with Crippen LogP contribution in [0.2, 0.25) is 0 Å². The Hall–Kier alpha value is -1.10. The molecular weight excluding hydrogens is 114 g/mol. The Labute approximate surface area is 54.9 Å². The van der Waals surface area contributed by atoms with Gasteiger partial charge in [-0.2, -0.15) is 11.1 Å². The fraction of sp³-hybridized carbons (Fsp3) is 0.500. The molecule has 0 heterocycles. The van der Waals surface area contributed by atoms with E-state index in [-0.39, 0.29) is 5.70 Å². The molecule has 0 saturated carbocycles. The first kappa shape index (κ1) is 7.90. The third kappa shape index (κ3) is 2.09. The van der Waals surface area contributed by atoms with E-state index in [1.54, 1.807) is 21.1 Å². The van der Waals surface area contributed by atoms with Gasteiger partial charge in [0.15, 0.2) is 6.07 Å². The summed E-state index contributed by atoms with van der Waals surface area (Å²) in [6, 6.07) is 1.82. The van der Waals surface area contributed by atoms with Gasteiger partial charge in [0.1, 0.15) is 0 Å². The van der Waals surface area contributed by atoms with E-state index in [1.807, 2.05) is 11.9 Å². The molecule has 3 nitrogen and oxygen atoms in total. The number of quaternary nitrogens is 1. The molecule has 0 fully saturated rings. The maximum Gasteiger partial charge on any atom is 0.230 e. The molecule has 0 atom stereocenters. The van der Waals surface area contributed by atoms with Gasteiger partial charge in [-0.1, -0.05) is 0 Å². The van der Waals surface area contributed by atoms with Gasteiger partial charge in [-0.05, 0) is 0 Å². The lowest BCUT2D eigenvalue weighted by Crippen LogP contribution is -2.32. The van der Waals surface area contributed by atoms with Gasteiger partial charge in [-0.3, -0.25) is 4.48 Å². The lowest BCUT2D eigenvalue weighted by atomic mass is 10.4. The van der Waals surface area contributed by atoms with Crippen LogP contribution >= 0.6 is 0 Å². The molecule has 0 aromatic carbocycles. The van der Waals surface area contributed by atoms with Gasteiger partial charge < -0.3 is 5.41 Å². The van der Waals surface area contributed by atoms with E-state index in [1.165, 1.54) is 0 Å². The Morgan fingerprint density at radius 3 is 1.89 bits per heavy atom. The summed E-state index contributed by atoms with van der Waals surface area (Å²) in [5.41, 5.74) is 0.218. The first-order chi connectivity index (χ1) is 4.02. The minimum atomic E-state index is 0.218. The summed E-state index contributed by atoms with van der Waals surface area (Å²) in [5, 5.41) is 16.7. The molecule has 0 aliphatic heterocycles. The van der Waals surface area contributed by atoms with Crippen molar-refractivity contribution in [3.05, 3.63) is 11.1 Å². The Bertz CT molecular complexity index is 185. The molecule has 0 saturated heterocycles. The highest BCUT2D eigenvalue weighted by molar-refractivity contribution is 5.62. The Balaban J connectivity index is 4.60. The topological polar surface area (TPSA) is 46.1 Å². The molecule has 0 spiro atoms. The van der Waals surface area contributed by atoms with E-state index in [0.717, 1.165) is 0 Å². The van der Waals surface area contributed by atoms with Gasteiger partial charge in [-0.25, -0.2) is 0 Å². The summed E-state index contributed by atoms with van der Waals surface area (Å²) >= 11 is 0. The second-order valence-electron chi connectivity index (χ2n) is 2.58. The zero-order valence-electron chi connectivity index (χ0n) is 5.84. The lowest BCUT2D eigenvalue weighted by Gasteiger charge is -2.20. The monoisotopic (exact) mass is 123 g/mol. The molecule has 0 unspecified atom stereocenters. The minimum Gasteiger partial charge on any atom is -0.758 e. The van der Waals surface area contributed by atoms with Crippen molar-refractivity contribution in [3.63, 3.8) is 0 Å². The molecule has 0 N–H and O–H groups in total. The van der Waals surface area contributed by atoms with Gasteiger partial charge in [-0.15, -0.1) is 0 Å². The van der Waals surface area contributed by atoms with Crippen molar-refractivity contribution in [3.8, 4) is 6.07 Å². The predicted molar refractivity (Wildman–Crippen MR) is 35.5 cm³/mol. The molecule has 48 valence electrons. The minimum absolute atomic E-state index is 0.218. The van der Waals surface area contributed by atoms with Crippen molar-refractivity contribution < 1.29 is 4.48 Å². The molecule has 0 bridgehead atoms. The van der Waals surface area contributed by atoms with E-state index < -0.39 is 0 Å². The maximum absolute atomic E-state index is 8.34. The van der Waals surface area contributed by atoms with E-state index in [9.17, 15) is 0 Å². The van der Waals surface area contributed by atoms with Gasteiger partial charge in [0.25, 0.3) is 0 Å². The molecule has 0 aliphatic rings. The fourth-order valence-electron chi connectivity index (χ4n) is 0.325. The average Bonchev–Trinajstić information content (AvgIpc) is 1.65. The quantitative estimate of drug-likeness (QED) is 0.282. The van der Waals surface area contributed by atoms with Crippen LogP contribution in [-0.2, 0) is 0 Å². The standard InChI is InChI=1S/C6H9N3/c1-9(2,3)6(4-7)5-8/h1-3H3. The molecule has 0 rings (SSSR count). The number of hydrogen-bond donors (Lipinski definition) is 0. The van der Waals surface area contributed by atoms with Crippen molar-refractivity contribution in [1.29, 1.82) is 5.26 Å². The third-order valence-corrected chi connectivity index (χ3v) is 0.883. The predicted octanol–water partition coefficient (Wildman–Crippen LogP) is 0.339.